The van der Waals surface area contributed by atoms with Crippen LogP contribution in [0.1, 0.15) is 42.9 Å². The molecule has 3 aromatic carbocycles. The Hall–Kier alpha value is -2.15. The molecule has 1 saturated heterocycles. The number of halogens is 1. The van der Waals surface area contributed by atoms with Crippen molar-refractivity contribution in [3.63, 3.8) is 0 Å². The predicted octanol–water partition coefficient (Wildman–Crippen LogP) is 6.72. The maximum atomic E-state index is 6.09. The quantitative estimate of drug-likeness (QED) is 0.218. The Balaban J connectivity index is 1.51. The Morgan fingerprint density at radius 1 is 0.941 bits per heavy atom. The maximum Gasteiger partial charge on any atom is 0.119 e. The highest BCUT2D eigenvalue weighted by molar-refractivity contribution is 14.1. The van der Waals surface area contributed by atoms with E-state index in [0.717, 1.165) is 31.8 Å². The molecule has 0 spiro atoms. The standard InChI is InChI=1S/C30H35IN2O/c1-3-29(23-8-5-4-6-9-23)30(24-11-15-26(31)16-12-24)25-13-17-28(18-14-25)34-21-20-33(2)22-27-10-7-19-32-27/h4-6,8-9,11-18,27,32H,3,7,10,19-22H2,1-2H3/b30-29-. The topological polar surface area (TPSA) is 24.5 Å². The third-order valence-corrected chi connectivity index (χ3v) is 7.21. The smallest absolute Gasteiger partial charge is 0.119 e. The molecule has 0 radical (unpaired) electrons. The number of hydrogen-bond donors (Lipinski definition) is 1. The Bertz CT molecular complexity index is 1060. The molecule has 4 heteroatoms. The first kappa shape index (κ1) is 25.0. The van der Waals surface area contributed by atoms with Crippen molar-refractivity contribution in [1.29, 1.82) is 0 Å². The van der Waals surface area contributed by atoms with Gasteiger partial charge in [-0.15, -0.1) is 0 Å². The molecule has 1 N–H and O–H groups in total. The van der Waals surface area contributed by atoms with E-state index in [1.165, 1.54) is 44.2 Å². The van der Waals surface area contributed by atoms with Gasteiger partial charge in [0.15, 0.2) is 0 Å². The predicted molar refractivity (Wildman–Crippen MR) is 152 cm³/mol. The van der Waals surface area contributed by atoms with Crippen LogP contribution in [0.3, 0.4) is 0 Å². The highest BCUT2D eigenvalue weighted by atomic mass is 127. The summed E-state index contributed by atoms with van der Waals surface area (Å²) in [6.07, 6.45) is 3.54. The molecular formula is C30H35IN2O. The van der Waals surface area contributed by atoms with E-state index in [0.29, 0.717) is 12.6 Å². The Morgan fingerprint density at radius 3 is 2.24 bits per heavy atom. The van der Waals surface area contributed by atoms with Crippen LogP contribution in [0.5, 0.6) is 5.75 Å². The summed E-state index contributed by atoms with van der Waals surface area (Å²) in [4.78, 5) is 2.36. The summed E-state index contributed by atoms with van der Waals surface area (Å²) in [5.74, 6) is 0.927. The van der Waals surface area contributed by atoms with E-state index in [1.807, 2.05) is 0 Å². The van der Waals surface area contributed by atoms with Crippen LogP contribution in [-0.4, -0.2) is 44.2 Å². The zero-order valence-corrected chi connectivity index (χ0v) is 22.4. The van der Waals surface area contributed by atoms with Gasteiger partial charge in [-0.1, -0.05) is 61.5 Å². The first-order chi connectivity index (χ1) is 16.6. The molecular weight excluding hydrogens is 531 g/mol. The number of ether oxygens (including phenoxy) is 1. The van der Waals surface area contributed by atoms with Crippen molar-refractivity contribution in [2.45, 2.75) is 32.2 Å². The van der Waals surface area contributed by atoms with E-state index >= 15 is 0 Å². The molecule has 0 aliphatic carbocycles. The Labute approximate surface area is 218 Å². The molecule has 3 nitrogen and oxygen atoms in total. The van der Waals surface area contributed by atoms with Gasteiger partial charge in [0.1, 0.15) is 12.4 Å². The van der Waals surface area contributed by atoms with Gasteiger partial charge in [0.05, 0.1) is 0 Å². The van der Waals surface area contributed by atoms with Crippen LogP contribution >= 0.6 is 22.6 Å². The second kappa shape index (κ2) is 12.5. The monoisotopic (exact) mass is 566 g/mol. The van der Waals surface area contributed by atoms with E-state index < -0.39 is 0 Å². The van der Waals surface area contributed by atoms with Crippen molar-refractivity contribution < 1.29 is 4.74 Å². The first-order valence-electron chi connectivity index (χ1n) is 12.3. The molecule has 1 aliphatic heterocycles. The third kappa shape index (κ3) is 6.71. The zero-order valence-electron chi connectivity index (χ0n) is 20.3. The van der Waals surface area contributed by atoms with Gasteiger partial charge in [-0.2, -0.15) is 0 Å². The van der Waals surface area contributed by atoms with Crippen LogP contribution in [0, 0.1) is 3.57 Å². The van der Waals surface area contributed by atoms with Crippen molar-refractivity contribution in [1.82, 2.24) is 10.2 Å². The summed E-state index contributed by atoms with van der Waals surface area (Å²) in [6.45, 7) is 6.12. The molecule has 34 heavy (non-hydrogen) atoms. The minimum atomic E-state index is 0.633. The number of nitrogens with zero attached hydrogens (tertiary/aromatic N) is 1. The lowest BCUT2D eigenvalue weighted by Crippen LogP contribution is -2.37. The molecule has 0 bridgehead atoms. The van der Waals surface area contributed by atoms with E-state index in [9.17, 15) is 0 Å². The molecule has 4 rings (SSSR count). The van der Waals surface area contributed by atoms with Crippen LogP contribution in [0.25, 0.3) is 11.1 Å². The fraction of sp³-hybridized carbons (Fsp3) is 0.333. The maximum absolute atomic E-state index is 6.09. The summed E-state index contributed by atoms with van der Waals surface area (Å²) in [5.41, 5.74) is 6.40. The lowest BCUT2D eigenvalue weighted by atomic mass is 9.88. The first-order valence-corrected chi connectivity index (χ1v) is 13.4. The van der Waals surface area contributed by atoms with Crippen molar-refractivity contribution in [2.75, 3.05) is 33.3 Å². The minimum Gasteiger partial charge on any atom is -0.492 e. The van der Waals surface area contributed by atoms with Crippen LogP contribution in [-0.2, 0) is 0 Å². The molecule has 1 unspecified atom stereocenters. The molecule has 1 atom stereocenters. The highest BCUT2D eigenvalue weighted by Crippen LogP contribution is 2.35. The number of hydrogen-bond acceptors (Lipinski definition) is 3. The van der Waals surface area contributed by atoms with Crippen LogP contribution < -0.4 is 10.1 Å². The number of likely N-dealkylation sites (N-methyl/N-ethyl adjacent to an activating group) is 1. The van der Waals surface area contributed by atoms with Crippen molar-refractivity contribution >= 4 is 33.7 Å². The van der Waals surface area contributed by atoms with E-state index in [2.05, 4.69) is 126 Å². The summed E-state index contributed by atoms with van der Waals surface area (Å²) < 4.78 is 7.34. The van der Waals surface area contributed by atoms with Gasteiger partial charge >= 0.3 is 0 Å². The van der Waals surface area contributed by atoms with Gasteiger partial charge < -0.3 is 15.0 Å². The SMILES string of the molecule is CC/C(=C(\c1ccc(I)cc1)c1ccc(OCCN(C)CC2CCCN2)cc1)c1ccccc1. The van der Waals surface area contributed by atoms with Crippen molar-refractivity contribution in [3.05, 3.63) is 99.1 Å². The lowest BCUT2D eigenvalue weighted by Gasteiger charge is -2.21. The normalized spacial score (nSPS) is 16.5. The van der Waals surface area contributed by atoms with Gasteiger partial charge in [-0.3, -0.25) is 0 Å². The Morgan fingerprint density at radius 2 is 1.62 bits per heavy atom. The Kier molecular flexibility index (Phi) is 9.19. The van der Waals surface area contributed by atoms with Gasteiger partial charge in [0.25, 0.3) is 0 Å². The average Bonchev–Trinajstić information content (AvgIpc) is 3.37. The highest BCUT2D eigenvalue weighted by Gasteiger charge is 2.16. The molecule has 0 amide bonds. The van der Waals surface area contributed by atoms with E-state index in [4.69, 9.17) is 4.74 Å². The summed E-state index contributed by atoms with van der Waals surface area (Å²) in [6, 6.07) is 28.8. The number of rotatable bonds is 10. The largest absolute Gasteiger partial charge is 0.492 e. The molecule has 1 fully saturated rings. The second-order valence-corrected chi connectivity index (χ2v) is 10.3. The number of benzene rings is 3. The molecule has 1 aliphatic rings. The molecule has 0 saturated carbocycles. The van der Waals surface area contributed by atoms with Gasteiger partial charge in [0.2, 0.25) is 0 Å². The third-order valence-electron chi connectivity index (χ3n) is 6.49. The molecule has 3 aromatic rings. The van der Waals surface area contributed by atoms with Gasteiger partial charge in [-0.25, -0.2) is 0 Å². The average molecular weight is 567 g/mol. The van der Waals surface area contributed by atoms with Crippen LogP contribution in [0.15, 0.2) is 78.9 Å². The molecule has 1 heterocycles. The van der Waals surface area contributed by atoms with Crippen LogP contribution in [0.4, 0.5) is 0 Å². The minimum absolute atomic E-state index is 0.633. The number of nitrogens with one attached hydrogen (secondary N) is 1. The summed E-state index contributed by atoms with van der Waals surface area (Å²) >= 11 is 2.37. The summed E-state index contributed by atoms with van der Waals surface area (Å²) in [5, 5.41) is 3.57. The fourth-order valence-electron chi connectivity index (χ4n) is 4.71. The lowest BCUT2D eigenvalue weighted by molar-refractivity contribution is 0.225. The number of allylic oxidation sites excluding steroid dienone is 1. The van der Waals surface area contributed by atoms with Crippen molar-refractivity contribution in [2.24, 2.45) is 0 Å². The van der Waals surface area contributed by atoms with Gasteiger partial charge in [0, 0.05) is 22.7 Å². The summed E-state index contributed by atoms with van der Waals surface area (Å²) in [7, 11) is 2.18. The fourth-order valence-corrected chi connectivity index (χ4v) is 5.07. The van der Waals surface area contributed by atoms with Crippen LogP contribution in [0.2, 0.25) is 0 Å². The molecule has 178 valence electrons. The second-order valence-electron chi connectivity index (χ2n) is 9.01. The van der Waals surface area contributed by atoms with Gasteiger partial charge in [-0.05, 0) is 108 Å². The zero-order chi connectivity index (χ0) is 23.8. The molecule has 0 aromatic heterocycles. The van der Waals surface area contributed by atoms with Crippen molar-refractivity contribution in [3.8, 4) is 5.75 Å². The van der Waals surface area contributed by atoms with E-state index in [1.54, 1.807) is 0 Å². The van der Waals surface area contributed by atoms with E-state index in [-0.39, 0.29) is 0 Å².